The first-order chi connectivity index (χ1) is 10.7. The van der Waals surface area contributed by atoms with E-state index in [0.717, 1.165) is 22.1 Å². The van der Waals surface area contributed by atoms with Gasteiger partial charge in [0.2, 0.25) is 5.91 Å². The first-order valence-electron chi connectivity index (χ1n) is 7.77. The van der Waals surface area contributed by atoms with Crippen molar-refractivity contribution >= 4 is 17.7 Å². The molecule has 1 aliphatic carbocycles. The van der Waals surface area contributed by atoms with Crippen LogP contribution in [0.25, 0.3) is 0 Å². The van der Waals surface area contributed by atoms with Crippen LogP contribution in [-0.4, -0.2) is 37.5 Å². The first-order valence-corrected chi connectivity index (χ1v) is 8.75. The monoisotopic (exact) mass is 322 g/mol. The zero-order valence-corrected chi connectivity index (χ0v) is 13.4. The van der Waals surface area contributed by atoms with Gasteiger partial charge < -0.3 is 20.5 Å². The molecule has 1 aromatic carbocycles. The Kier molecular flexibility index (Phi) is 5.10. The quantitative estimate of drug-likeness (QED) is 0.749. The Labute approximate surface area is 134 Å². The van der Waals surface area contributed by atoms with Crippen LogP contribution in [0.2, 0.25) is 0 Å². The van der Waals surface area contributed by atoms with Crippen LogP contribution in [0.15, 0.2) is 23.1 Å². The molecule has 0 bridgehead atoms. The molecule has 3 rings (SSSR count). The van der Waals surface area contributed by atoms with Crippen molar-refractivity contribution in [2.45, 2.75) is 30.2 Å². The Morgan fingerprint density at radius 2 is 2.09 bits per heavy atom. The van der Waals surface area contributed by atoms with Crippen molar-refractivity contribution in [3.63, 3.8) is 0 Å². The number of thioether (sulfide) groups is 1. The summed E-state index contributed by atoms with van der Waals surface area (Å²) in [6.45, 7) is 1.78. The molecule has 1 unspecified atom stereocenters. The molecule has 0 saturated heterocycles. The predicted molar refractivity (Wildman–Crippen MR) is 86.5 cm³/mol. The maximum absolute atomic E-state index is 11.8. The van der Waals surface area contributed by atoms with Gasteiger partial charge in [-0.15, -0.1) is 11.8 Å². The van der Waals surface area contributed by atoms with Crippen molar-refractivity contribution in [1.29, 1.82) is 0 Å². The molecule has 2 aliphatic rings. The molecule has 1 fully saturated rings. The number of carbonyl (C=O) groups excluding carboxylic acids is 1. The summed E-state index contributed by atoms with van der Waals surface area (Å²) >= 11 is 1.65. The minimum Gasteiger partial charge on any atom is -0.486 e. The number of hydrogen-bond donors (Lipinski definition) is 2. The molecule has 1 heterocycles. The molecule has 1 aromatic rings. The number of benzene rings is 1. The second-order valence-corrected chi connectivity index (χ2v) is 6.88. The fraction of sp³-hybridized carbons (Fsp3) is 0.562. The maximum atomic E-state index is 11.8. The zero-order valence-electron chi connectivity index (χ0n) is 12.5. The van der Waals surface area contributed by atoms with Gasteiger partial charge in [-0.3, -0.25) is 4.79 Å². The summed E-state index contributed by atoms with van der Waals surface area (Å²) in [5, 5.41) is 2.92. The summed E-state index contributed by atoms with van der Waals surface area (Å²) in [5.41, 5.74) is 5.97. The lowest BCUT2D eigenvalue weighted by Gasteiger charge is -2.18. The van der Waals surface area contributed by atoms with Crippen molar-refractivity contribution in [2.75, 3.05) is 25.5 Å². The van der Waals surface area contributed by atoms with Gasteiger partial charge in [0.15, 0.2) is 11.5 Å². The molecular weight excluding hydrogens is 300 g/mol. The van der Waals surface area contributed by atoms with Crippen LogP contribution in [0.4, 0.5) is 0 Å². The van der Waals surface area contributed by atoms with Crippen molar-refractivity contribution in [1.82, 2.24) is 5.32 Å². The number of nitrogens with two attached hydrogens (primary N) is 1. The van der Waals surface area contributed by atoms with Crippen LogP contribution in [0.1, 0.15) is 19.3 Å². The highest BCUT2D eigenvalue weighted by molar-refractivity contribution is 7.99. The van der Waals surface area contributed by atoms with E-state index in [4.69, 9.17) is 15.2 Å². The van der Waals surface area contributed by atoms with E-state index in [9.17, 15) is 4.79 Å². The van der Waals surface area contributed by atoms with Crippen LogP contribution >= 0.6 is 11.8 Å². The van der Waals surface area contributed by atoms with Gasteiger partial charge in [-0.05, 0) is 37.0 Å². The van der Waals surface area contributed by atoms with Crippen LogP contribution in [0, 0.1) is 5.92 Å². The van der Waals surface area contributed by atoms with E-state index in [0.29, 0.717) is 32.1 Å². The average Bonchev–Trinajstić information content (AvgIpc) is 3.37. The van der Waals surface area contributed by atoms with Gasteiger partial charge in [-0.1, -0.05) is 0 Å². The van der Waals surface area contributed by atoms with Crippen molar-refractivity contribution in [3.05, 3.63) is 18.2 Å². The normalized spacial score (nSPS) is 17.9. The van der Waals surface area contributed by atoms with Gasteiger partial charge in [0.1, 0.15) is 13.2 Å². The van der Waals surface area contributed by atoms with Gasteiger partial charge in [0, 0.05) is 29.7 Å². The summed E-state index contributed by atoms with van der Waals surface area (Å²) in [5.74, 6) is 3.01. The van der Waals surface area contributed by atoms with Gasteiger partial charge in [0.25, 0.3) is 0 Å². The third kappa shape index (κ3) is 4.30. The predicted octanol–water partition coefficient (Wildman–Crippen LogP) is 1.79. The Morgan fingerprint density at radius 3 is 2.86 bits per heavy atom. The van der Waals surface area contributed by atoms with Crippen molar-refractivity contribution in [3.8, 4) is 11.5 Å². The molecule has 0 aromatic heterocycles. The molecule has 0 radical (unpaired) electrons. The van der Waals surface area contributed by atoms with E-state index in [2.05, 4.69) is 5.32 Å². The van der Waals surface area contributed by atoms with E-state index in [1.165, 1.54) is 12.8 Å². The van der Waals surface area contributed by atoms with E-state index in [1.54, 1.807) is 11.8 Å². The van der Waals surface area contributed by atoms with Gasteiger partial charge in [0.05, 0.1) is 0 Å². The third-order valence-corrected chi connectivity index (χ3v) is 4.87. The lowest BCUT2D eigenvalue weighted by atomic mass is 10.2. The SMILES string of the molecule is NC(CNC(=O)CCSc1ccc2c(c1)OCCO2)C1CC1. The topological polar surface area (TPSA) is 73.6 Å². The Hall–Kier alpha value is -1.40. The van der Waals surface area contributed by atoms with Crippen LogP contribution in [0.5, 0.6) is 11.5 Å². The summed E-state index contributed by atoms with van der Waals surface area (Å²) in [4.78, 5) is 12.9. The number of nitrogens with one attached hydrogen (secondary N) is 1. The molecule has 6 heteroatoms. The molecule has 3 N–H and O–H groups in total. The smallest absolute Gasteiger partial charge is 0.220 e. The number of fused-ring (bicyclic) bond motifs is 1. The highest BCUT2D eigenvalue weighted by Crippen LogP contribution is 2.34. The highest BCUT2D eigenvalue weighted by atomic mass is 32.2. The zero-order chi connectivity index (χ0) is 15.4. The second-order valence-electron chi connectivity index (χ2n) is 5.71. The van der Waals surface area contributed by atoms with Crippen molar-refractivity contribution in [2.24, 2.45) is 11.7 Å². The van der Waals surface area contributed by atoms with Crippen molar-refractivity contribution < 1.29 is 14.3 Å². The summed E-state index contributed by atoms with van der Waals surface area (Å²) < 4.78 is 11.0. The third-order valence-electron chi connectivity index (χ3n) is 3.87. The minimum atomic E-state index is 0.0705. The molecule has 0 spiro atoms. The van der Waals surface area contributed by atoms with E-state index in [-0.39, 0.29) is 11.9 Å². The standard InChI is InChI=1S/C16H22N2O3S/c17-13(11-1-2-11)10-18-16(19)5-8-22-12-3-4-14-15(9-12)21-7-6-20-14/h3-4,9,11,13H,1-2,5-8,10,17H2,(H,18,19). The largest absolute Gasteiger partial charge is 0.486 e. The fourth-order valence-electron chi connectivity index (χ4n) is 2.39. The van der Waals surface area contributed by atoms with Gasteiger partial charge >= 0.3 is 0 Å². The van der Waals surface area contributed by atoms with E-state index in [1.807, 2.05) is 18.2 Å². The van der Waals surface area contributed by atoms with Gasteiger partial charge in [-0.2, -0.15) is 0 Å². The summed E-state index contributed by atoms with van der Waals surface area (Å²) in [6.07, 6.45) is 2.91. The van der Waals surface area contributed by atoms with E-state index < -0.39 is 0 Å². The Balaban J connectivity index is 1.38. The first kappa shape index (κ1) is 15.5. The molecule has 120 valence electrons. The lowest BCUT2D eigenvalue weighted by Crippen LogP contribution is -2.38. The van der Waals surface area contributed by atoms with E-state index >= 15 is 0 Å². The average molecular weight is 322 g/mol. The fourth-order valence-corrected chi connectivity index (χ4v) is 3.26. The van der Waals surface area contributed by atoms with Gasteiger partial charge in [-0.25, -0.2) is 0 Å². The summed E-state index contributed by atoms with van der Waals surface area (Å²) in [7, 11) is 0. The minimum absolute atomic E-state index is 0.0705. The molecule has 1 aliphatic heterocycles. The van der Waals surface area contributed by atoms with Crippen LogP contribution in [0.3, 0.4) is 0 Å². The lowest BCUT2D eigenvalue weighted by molar-refractivity contribution is -0.120. The number of rotatable bonds is 7. The van der Waals surface area contributed by atoms with Crippen LogP contribution in [-0.2, 0) is 4.79 Å². The van der Waals surface area contributed by atoms with Crippen LogP contribution < -0.4 is 20.5 Å². The second kappa shape index (κ2) is 7.24. The molecule has 1 atom stereocenters. The summed E-state index contributed by atoms with van der Waals surface area (Å²) in [6, 6.07) is 6.01. The highest BCUT2D eigenvalue weighted by Gasteiger charge is 2.28. The molecule has 22 heavy (non-hydrogen) atoms. The number of ether oxygens (including phenoxy) is 2. The molecular formula is C16H22N2O3S. The number of carbonyl (C=O) groups is 1. The Bertz CT molecular complexity index is 534. The number of hydrogen-bond acceptors (Lipinski definition) is 5. The molecule has 1 saturated carbocycles. The molecule has 5 nitrogen and oxygen atoms in total. The molecule has 1 amide bonds. The Morgan fingerprint density at radius 1 is 1.32 bits per heavy atom. The maximum Gasteiger partial charge on any atom is 0.220 e. The number of amides is 1.